The molecule has 1 atom stereocenters. The summed E-state index contributed by atoms with van der Waals surface area (Å²) in [7, 11) is 2.14. The van der Waals surface area contributed by atoms with Gasteiger partial charge in [-0.15, -0.1) is 0 Å². The standard InChI is InChI=1S/C14H18N2/c1-9-6-7-13-11(8-9)10-4-3-5-12(15)14(10)16(13)2/h6-8,12H,3-5,15H2,1-2H3. The number of nitrogens with zero attached hydrogens (tertiary/aromatic N) is 1. The predicted octanol–water partition coefficient (Wildman–Crippen LogP) is 2.82. The van der Waals surface area contributed by atoms with Gasteiger partial charge < -0.3 is 10.3 Å². The first-order valence-corrected chi connectivity index (χ1v) is 6.02. The van der Waals surface area contributed by atoms with Crippen LogP contribution in [0.5, 0.6) is 0 Å². The molecular weight excluding hydrogens is 196 g/mol. The Kier molecular flexibility index (Phi) is 2.08. The second kappa shape index (κ2) is 3.36. The fourth-order valence-corrected chi connectivity index (χ4v) is 3.02. The van der Waals surface area contributed by atoms with Crippen molar-refractivity contribution in [3.63, 3.8) is 0 Å². The molecule has 1 aliphatic rings. The van der Waals surface area contributed by atoms with Crippen LogP contribution in [-0.2, 0) is 13.5 Å². The smallest absolute Gasteiger partial charge is 0.0483 e. The number of fused-ring (bicyclic) bond motifs is 3. The fraction of sp³-hybridized carbons (Fsp3) is 0.429. The van der Waals surface area contributed by atoms with Gasteiger partial charge in [0.2, 0.25) is 0 Å². The van der Waals surface area contributed by atoms with Crippen molar-refractivity contribution in [1.29, 1.82) is 0 Å². The molecule has 0 amide bonds. The predicted molar refractivity (Wildman–Crippen MR) is 67.5 cm³/mol. The molecular formula is C14H18N2. The molecule has 1 aliphatic carbocycles. The van der Waals surface area contributed by atoms with Crippen molar-refractivity contribution in [2.75, 3.05) is 0 Å². The second-order valence-electron chi connectivity index (χ2n) is 4.94. The third kappa shape index (κ3) is 1.23. The van der Waals surface area contributed by atoms with E-state index in [1.54, 1.807) is 0 Å². The normalized spacial score (nSPS) is 20.1. The summed E-state index contributed by atoms with van der Waals surface area (Å²) in [5.74, 6) is 0. The Morgan fingerprint density at radius 3 is 3.00 bits per heavy atom. The quantitative estimate of drug-likeness (QED) is 0.718. The van der Waals surface area contributed by atoms with Gasteiger partial charge in [0.25, 0.3) is 0 Å². The highest BCUT2D eigenvalue weighted by molar-refractivity contribution is 5.86. The molecule has 0 bridgehead atoms. The number of rotatable bonds is 0. The Labute approximate surface area is 96.1 Å². The lowest BCUT2D eigenvalue weighted by Crippen LogP contribution is -2.19. The van der Waals surface area contributed by atoms with Gasteiger partial charge in [-0.2, -0.15) is 0 Å². The molecule has 16 heavy (non-hydrogen) atoms. The van der Waals surface area contributed by atoms with E-state index in [1.165, 1.54) is 40.6 Å². The van der Waals surface area contributed by atoms with E-state index in [1.807, 2.05) is 0 Å². The summed E-state index contributed by atoms with van der Waals surface area (Å²) < 4.78 is 2.29. The molecule has 0 spiro atoms. The highest BCUT2D eigenvalue weighted by atomic mass is 15.0. The van der Waals surface area contributed by atoms with Gasteiger partial charge in [-0.1, -0.05) is 11.6 Å². The zero-order valence-corrected chi connectivity index (χ0v) is 9.96. The molecule has 3 rings (SSSR count). The molecule has 1 unspecified atom stereocenters. The van der Waals surface area contributed by atoms with Gasteiger partial charge in [0.15, 0.2) is 0 Å². The Morgan fingerprint density at radius 2 is 2.19 bits per heavy atom. The lowest BCUT2D eigenvalue weighted by Gasteiger charge is -2.20. The van der Waals surface area contributed by atoms with E-state index in [9.17, 15) is 0 Å². The maximum absolute atomic E-state index is 6.23. The van der Waals surface area contributed by atoms with Crippen molar-refractivity contribution < 1.29 is 0 Å². The van der Waals surface area contributed by atoms with Crippen LogP contribution in [0.4, 0.5) is 0 Å². The molecule has 0 fully saturated rings. The van der Waals surface area contributed by atoms with E-state index in [2.05, 4.69) is 36.7 Å². The molecule has 1 aromatic heterocycles. The van der Waals surface area contributed by atoms with Crippen LogP contribution in [0.2, 0.25) is 0 Å². The summed E-state index contributed by atoms with van der Waals surface area (Å²) >= 11 is 0. The number of hydrogen-bond acceptors (Lipinski definition) is 1. The zero-order valence-electron chi connectivity index (χ0n) is 9.96. The minimum atomic E-state index is 0.224. The van der Waals surface area contributed by atoms with Gasteiger partial charge in [0.05, 0.1) is 0 Å². The van der Waals surface area contributed by atoms with E-state index in [4.69, 9.17) is 5.73 Å². The molecule has 0 saturated heterocycles. The van der Waals surface area contributed by atoms with E-state index < -0.39 is 0 Å². The molecule has 0 aliphatic heterocycles. The van der Waals surface area contributed by atoms with E-state index in [-0.39, 0.29) is 6.04 Å². The van der Waals surface area contributed by atoms with Crippen LogP contribution >= 0.6 is 0 Å². The van der Waals surface area contributed by atoms with Gasteiger partial charge in [-0.05, 0) is 43.9 Å². The minimum Gasteiger partial charge on any atom is -0.346 e. The van der Waals surface area contributed by atoms with Crippen molar-refractivity contribution in [2.45, 2.75) is 32.2 Å². The minimum absolute atomic E-state index is 0.224. The summed E-state index contributed by atoms with van der Waals surface area (Å²) in [5.41, 5.74) is 11.7. The third-order valence-electron chi connectivity index (χ3n) is 3.80. The summed E-state index contributed by atoms with van der Waals surface area (Å²) in [6, 6.07) is 6.92. The van der Waals surface area contributed by atoms with E-state index >= 15 is 0 Å². The summed E-state index contributed by atoms with van der Waals surface area (Å²) in [4.78, 5) is 0. The molecule has 2 aromatic rings. The van der Waals surface area contributed by atoms with Gasteiger partial charge in [0.1, 0.15) is 0 Å². The fourth-order valence-electron chi connectivity index (χ4n) is 3.02. The SMILES string of the molecule is Cc1ccc2c(c1)c1c(n2C)C(N)CCC1. The van der Waals surface area contributed by atoms with Crippen LogP contribution in [-0.4, -0.2) is 4.57 Å². The first kappa shape index (κ1) is 9.91. The molecule has 84 valence electrons. The molecule has 2 heteroatoms. The first-order valence-electron chi connectivity index (χ1n) is 6.02. The highest BCUT2D eigenvalue weighted by Crippen LogP contribution is 2.35. The molecule has 2 N–H and O–H groups in total. The number of hydrogen-bond donors (Lipinski definition) is 1. The van der Waals surface area contributed by atoms with Gasteiger partial charge >= 0.3 is 0 Å². The molecule has 0 radical (unpaired) electrons. The van der Waals surface area contributed by atoms with Gasteiger partial charge in [0, 0.05) is 29.7 Å². The number of benzene rings is 1. The number of nitrogens with two attached hydrogens (primary N) is 1. The van der Waals surface area contributed by atoms with Crippen LogP contribution in [0.15, 0.2) is 18.2 Å². The third-order valence-corrected chi connectivity index (χ3v) is 3.80. The zero-order chi connectivity index (χ0) is 11.3. The summed E-state index contributed by atoms with van der Waals surface area (Å²) in [5, 5.41) is 1.41. The summed E-state index contributed by atoms with van der Waals surface area (Å²) in [6.07, 6.45) is 3.53. The Morgan fingerprint density at radius 1 is 1.38 bits per heavy atom. The molecule has 2 nitrogen and oxygen atoms in total. The largest absolute Gasteiger partial charge is 0.346 e. The second-order valence-corrected chi connectivity index (χ2v) is 4.94. The maximum Gasteiger partial charge on any atom is 0.0483 e. The lowest BCUT2D eigenvalue weighted by atomic mass is 9.92. The van der Waals surface area contributed by atoms with Crippen LogP contribution in [0.3, 0.4) is 0 Å². The van der Waals surface area contributed by atoms with Crippen molar-refractivity contribution in [2.24, 2.45) is 12.8 Å². The molecule has 0 saturated carbocycles. The first-order chi connectivity index (χ1) is 7.68. The average Bonchev–Trinajstić information content (AvgIpc) is 2.54. The van der Waals surface area contributed by atoms with Crippen molar-refractivity contribution in [3.05, 3.63) is 35.0 Å². The van der Waals surface area contributed by atoms with E-state index in [0.717, 1.165) is 6.42 Å². The molecule has 1 heterocycles. The Bertz CT molecular complexity index is 551. The molecule has 1 aromatic carbocycles. The monoisotopic (exact) mass is 214 g/mol. The topological polar surface area (TPSA) is 30.9 Å². The van der Waals surface area contributed by atoms with Crippen LogP contribution in [0, 0.1) is 6.92 Å². The maximum atomic E-state index is 6.23. The van der Waals surface area contributed by atoms with Crippen LogP contribution in [0.25, 0.3) is 10.9 Å². The summed E-state index contributed by atoms with van der Waals surface area (Å²) in [6.45, 7) is 2.15. The highest BCUT2D eigenvalue weighted by Gasteiger charge is 2.23. The van der Waals surface area contributed by atoms with E-state index in [0.29, 0.717) is 0 Å². The van der Waals surface area contributed by atoms with Gasteiger partial charge in [-0.25, -0.2) is 0 Å². The van der Waals surface area contributed by atoms with Crippen LogP contribution in [0.1, 0.15) is 35.7 Å². The Balaban J connectivity index is 2.39. The van der Waals surface area contributed by atoms with Crippen molar-refractivity contribution in [3.8, 4) is 0 Å². The number of aryl methyl sites for hydroxylation is 3. The van der Waals surface area contributed by atoms with Crippen molar-refractivity contribution >= 4 is 10.9 Å². The Hall–Kier alpha value is -1.28. The number of aromatic nitrogens is 1. The van der Waals surface area contributed by atoms with Gasteiger partial charge in [-0.3, -0.25) is 0 Å². The van der Waals surface area contributed by atoms with Crippen LogP contribution < -0.4 is 5.73 Å². The lowest BCUT2D eigenvalue weighted by molar-refractivity contribution is 0.542. The average molecular weight is 214 g/mol. The van der Waals surface area contributed by atoms with Crippen molar-refractivity contribution in [1.82, 2.24) is 4.57 Å².